The number of hydrogen-bond donors (Lipinski definition) is 1. The standard InChI is InChI=1S/C12H15F2NO3/c1-3-18-12(16)10(14)11(15)8-5-4-7(17-2)6-9(8)13/h4-6,10-11H,3,15H2,1-2H3/t10?,11-/m0/s1. The summed E-state index contributed by atoms with van der Waals surface area (Å²) in [5.74, 6) is -1.54. The molecule has 0 fully saturated rings. The first-order valence-electron chi connectivity index (χ1n) is 5.41. The van der Waals surface area contributed by atoms with Crippen LogP contribution in [0.25, 0.3) is 0 Å². The lowest BCUT2D eigenvalue weighted by Crippen LogP contribution is -2.32. The lowest BCUT2D eigenvalue weighted by Gasteiger charge is -2.16. The molecule has 0 aromatic heterocycles. The van der Waals surface area contributed by atoms with E-state index in [1.54, 1.807) is 6.92 Å². The molecule has 2 atom stereocenters. The molecule has 0 aliphatic heterocycles. The highest BCUT2D eigenvalue weighted by atomic mass is 19.1. The van der Waals surface area contributed by atoms with Crippen molar-refractivity contribution < 1.29 is 23.0 Å². The van der Waals surface area contributed by atoms with Crippen LogP contribution >= 0.6 is 0 Å². The van der Waals surface area contributed by atoms with Crippen LogP contribution in [0.5, 0.6) is 5.75 Å². The zero-order valence-corrected chi connectivity index (χ0v) is 10.2. The monoisotopic (exact) mass is 259 g/mol. The van der Waals surface area contributed by atoms with Crippen molar-refractivity contribution >= 4 is 5.97 Å². The van der Waals surface area contributed by atoms with Crippen LogP contribution in [-0.2, 0) is 9.53 Å². The molecule has 100 valence electrons. The average Bonchev–Trinajstić information content (AvgIpc) is 2.37. The molecule has 0 radical (unpaired) electrons. The average molecular weight is 259 g/mol. The molecule has 0 heterocycles. The van der Waals surface area contributed by atoms with Gasteiger partial charge < -0.3 is 15.2 Å². The largest absolute Gasteiger partial charge is 0.497 e. The summed E-state index contributed by atoms with van der Waals surface area (Å²) in [6.07, 6.45) is -2.10. The topological polar surface area (TPSA) is 61.5 Å². The van der Waals surface area contributed by atoms with Gasteiger partial charge in [-0.2, -0.15) is 0 Å². The summed E-state index contributed by atoms with van der Waals surface area (Å²) in [4.78, 5) is 11.2. The smallest absolute Gasteiger partial charge is 0.342 e. The van der Waals surface area contributed by atoms with Gasteiger partial charge in [0.25, 0.3) is 0 Å². The van der Waals surface area contributed by atoms with E-state index in [-0.39, 0.29) is 17.9 Å². The van der Waals surface area contributed by atoms with E-state index < -0.39 is 24.0 Å². The second kappa shape index (κ2) is 6.30. The maximum absolute atomic E-state index is 13.6. The molecule has 0 saturated carbocycles. The number of rotatable bonds is 5. The summed E-state index contributed by atoms with van der Waals surface area (Å²) in [6, 6.07) is 2.39. The van der Waals surface area contributed by atoms with Crippen molar-refractivity contribution in [3.8, 4) is 5.75 Å². The summed E-state index contributed by atoms with van der Waals surface area (Å²) in [5.41, 5.74) is 5.40. The summed E-state index contributed by atoms with van der Waals surface area (Å²) in [5, 5.41) is 0. The summed E-state index contributed by atoms with van der Waals surface area (Å²) < 4.78 is 36.5. The Balaban J connectivity index is 2.89. The first-order chi connectivity index (χ1) is 8.51. The van der Waals surface area contributed by atoms with E-state index in [0.29, 0.717) is 0 Å². The van der Waals surface area contributed by atoms with Crippen molar-refractivity contribution in [3.05, 3.63) is 29.6 Å². The summed E-state index contributed by atoms with van der Waals surface area (Å²) >= 11 is 0. The van der Waals surface area contributed by atoms with E-state index in [2.05, 4.69) is 4.74 Å². The number of esters is 1. The minimum Gasteiger partial charge on any atom is -0.497 e. The number of carbonyl (C=O) groups is 1. The van der Waals surface area contributed by atoms with Crippen molar-refractivity contribution in [2.24, 2.45) is 5.73 Å². The number of halogens is 2. The number of ether oxygens (including phenoxy) is 2. The van der Waals surface area contributed by atoms with Gasteiger partial charge in [-0.15, -0.1) is 0 Å². The molecule has 1 rings (SSSR count). The van der Waals surface area contributed by atoms with Gasteiger partial charge in [0, 0.05) is 11.6 Å². The Morgan fingerprint density at radius 3 is 2.67 bits per heavy atom. The Hall–Kier alpha value is -1.69. The fourth-order valence-corrected chi connectivity index (χ4v) is 1.43. The molecule has 6 heteroatoms. The van der Waals surface area contributed by atoms with Gasteiger partial charge in [0.05, 0.1) is 19.8 Å². The molecule has 0 saturated heterocycles. The van der Waals surface area contributed by atoms with Gasteiger partial charge >= 0.3 is 5.97 Å². The third-order valence-corrected chi connectivity index (χ3v) is 2.39. The molecular weight excluding hydrogens is 244 g/mol. The molecule has 0 aliphatic rings. The van der Waals surface area contributed by atoms with Crippen LogP contribution in [0.2, 0.25) is 0 Å². The van der Waals surface area contributed by atoms with Crippen LogP contribution in [0.1, 0.15) is 18.5 Å². The molecule has 0 spiro atoms. The number of benzene rings is 1. The minimum atomic E-state index is -2.10. The van der Waals surface area contributed by atoms with Gasteiger partial charge in [0.2, 0.25) is 6.17 Å². The predicted molar refractivity (Wildman–Crippen MR) is 61.4 cm³/mol. The first kappa shape index (κ1) is 14.4. The number of nitrogens with two attached hydrogens (primary N) is 1. The van der Waals surface area contributed by atoms with Crippen LogP contribution in [0.15, 0.2) is 18.2 Å². The van der Waals surface area contributed by atoms with Crippen LogP contribution in [0.4, 0.5) is 8.78 Å². The van der Waals surface area contributed by atoms with E-state index in [1.165, 1.54) is 19.2 Å². The maximum atomic E-state index is 13.6. The van der Waals surface area contributed by atoms with Crippen LogP contribution in [-0.4, -0.2) is 25.9 Å². The molecule has 0 aliphatic carbocycles. The summed E-state index contributed by atoms with van der Waals surface area (Å²) in [6.45, 7) is 1.58. The lowest BCUT2D eigenvalue weighted by atomic mass is 10.0. The van der Waals surface area contributed by atoms with E-state index in [1.807, 2.05) is 0 Å². The Morgan fingerprint density at radius 2 is 2.17 bits per heavy atom. The van der Waals surface area contributed by atoms with Gasteiger partial charge in [0.15, 0.2) is 0 Å². The lowest BCUT2D eigenvalue weighted by molar-refractivity contribution is -0.149. The van der Waals surface area contributed by atoms with Crippen molar-refractivity contribution in [1.82, 2.24) is 0 Å². The molecule has 1 aromatic carbocycles. The zero-order valence-electron chi connectivity index (χ0n) is 10.2. The third-order valence-electron chi connectivity index (χ3n) is 2.39. The highest BCUT2D eigenvalue weighted by Gasteiger charge is 2.29. The Bertz CT molecular complexity index is 426. The van der Waals surface area contributed by atoms with E-state index >= 15 is 0 Å². The number of carbonyl (C=O) groups excluding carboxylic acids is 1. The molecular formula is C12H15F2NO3. The molecule has 1 aromatic rings. The molecule has 4 nitrogen and oxygen atoms in total. The van der Waals surface area contributed by atoms with Crippen LogP contribution in [0, 0.1) is 5.82 Å². The van der Waals surface area contributed by atoms with Gasteiger partial charge in [-0.3, -0.25) is 0 Å². The van der Waals surface area contributed by atoms with Crippen molar-refractivity contribution in [3.63, 3.8) is 0 Å². The molecule has 0 bridgehead atoms. The van der Waals surface area contributed by atoms with Crippen LogP contribution < -0.4 is 10.5 Å². The number of alkyl halides is 1. The number of methoxy groups -OCH3 is 1. The normalized spacial score (nSPS) is 13.8. The Kier molecular flexibility index (Phi) is 5.03. The Labute approximate surface area is 104 Å². The van der Waals surface area contributed by atoms with Gasteiger partial charge in [-0.1, -0.05) is 6.07 Å². The summed E-state index contributed by atoms with van der Waals surface area (Å²) in [7, 11) is 1.38. The van der Waals surface area contributed by atoms with E-state index in [9.17, 15) is 13.6 Å². The fraction of sp³-hybridized carbons (Fsp3) is 0.417. The van der Waals surface area contributed by atoms with Crippen molar-refractivity contribution in [2.45, 2.75) is 19.1 Å². The second-order valence-electron chi connectivity index (χ2n) is 3.57. The second-order valence-corrected chi connectivity index (χ2v) is 3.57. The third kappa shape index (κ3) is 3.16. The molecule has 18 heavy (non-hydrogen) atoms. The quantitative estimate of drug-likeness (QED) is 0.818. The SMILES string of the molecule is CCOC(=O)C(F)[C@@H](N)c1ccc(OC)cc1F. The zero-order chi connectivity index (χ0) is 13.7. The molecule has 2 N–H and O–H groups in total. The highest BCUT2D eigenvalue weighted by molar-refractivity contribution is 5.75. The first-order valence-corrected chi connectivity index (χ1v) is 5.41. The Morgan fingerprint density at radius 1 is 1.50 bits per heavy atom. The van der Waals surface area contributed by atoms with Crippen molar-refractivity contribution in [1.29, 1.82) is 0 Å². The van der Waals surface area contributed by atoms with E-state index in [4.69, 9.17) is 10.5 Å². The molecule has 0 amide bonds. The van der Waals surface area contributed by atoms with Gasteiger partial charge in [0.1, 0.15) is 11.6 Å². The molecule has 1 unspecified atom stereocenters. The minimum absolute atomic E-state index is 0.0388. The predicted octanol–water partition coefficient (Wildman–Crippen LogP) is 1.74. The van der Waals surface area contributed by atoms with Crippen molar-refractivity contribution in [2.75, 3.05) is 13.7 Å². The van der Waals surface area contributed by atoms with Gasteiger partial charge in [-0.25, -0.2) is 13.6 Å². The number of hydrogen-bond acceptors (Lipinski definition) is 4. The van der Waals surface area contributed by atoms with E-state index in [0.717, 1.165) is 6.07 Å². The van der Waals surface area contributed by atoms with Gasteiger partial charge in [-0.05, 0) is 13.0 Å². The highest BCUT2D eigenvalue weighted by Crippen LogP contribution is 2.24. The van der Waals surface area contributed by atoms with Crippen LogP contribution in [0.3, 0.4) is 0 Å². The maximum Gasteiger partial charge on any atom is 0.342 e. The fourth-order valence-electron chi connectivity index (χ4n) is 1.43.